The summed E-state index contributed by atoms with van der Waals surface area (Å²) in [6.45, 7) is 3.70. The summed E-state index contributed by atoms with van der Waals surface area (Å²) in [6.07, 6.45) is 0. The number of aromatic nitrogens is 3. The Bertz CT molecular complexity index is 1100. The standard InChI is InChI=1S/C20H19N3O4/c1-12(2)23-17(24)10-9-16(22-23)14-11-15(20(26)27-3)19(25)21-18(14)13-7-5-4-6-8-13/h4-12H,1-3H3,(H,21,25). The average molecular weight is 365 g/mol. The van der Waals surface area contributed by atoms with Crippen LogP contribution >= 0.6 is 0 Å². The van der Waals surface area contributed by atoms with Crippen LogP contribution in [0, 0.1) is 0 Å². The Morgan fingerprint density at radius 1 is 1.11 bits per heavy atom. The lowest BCUT2D eigenvalue weighted by atomic mass is 10.0. The predicted octanol–water partition coefficient (Wildman–Crippen LogP) is 2.63. The van der Waals surface area contributed by atoms with Crippen molar-refractivity contribution >= 4 is 5.97 Å². The summed E-state index contributed by atoms with van der Waals surface area (Å²) < 4.78 is 6.05. The maximum Gasteiger partial charge on any atom is 0.343 e. The van der Waals surface area contributed by atoms with Gasteiger partial charge in [-0.2, -0.15) is 5.10 Å². The molecule has 138 valence electrons. The van der Waals surface area contributed by atoms with E-state index in [0.29, 0.717) is 17.0 Å². The van der Waals surface area contributed by atoms with Gasteiger partial charge in [0.25, 0.3) is 11.1 Å². The third-order valence-corrected chi connectivity index (χ3v) is 4.10. The van der Waals surface area contributed by atoms with E-state index in [1.165, 1.54) is 23.9 Å². The Labute approximate surface area is 155 Å². The van der Waals surface area contributed by atoms with E-state index in [0.717, 1.165) is 5.56 Å². The van der Waals surface area contributed by atoms with Crippen LogP contribution in [-0.2, 0) is 4.74 Å². The first kappa shape index (κ1) is 18.3. The molecule has 0 aliphatic carbocycles. The van der Waals surface area contributed by atoms with E-state index in [9.17, 15) is 14.4 Å². The lowest BCUT2D eigenvalue weighted by Gasteiger charge is -2.14. The second-order valence-corrected chi connectivity index (χ2v) is 6.25. The highest BCUT2D eigenvalue weighted by Crippen LogP contribution is 2.28. The molecule has 0 saturated carbocycles. The molecule has 0 fully saturated rings. The zero-order valence-corrected chi connectivity index (χ0v) is 15.2. The second-order valence-electron chi connectivity index (χ2n) is 6.25. The molecule has 2 heterocycles. The predicted molar refractivity (Wildman–Crippen MR) is 102 cm³/mol. The first-order valence-electron chi connectivity index (χ1n) is 8.43. The van der Waals surface area contributed by atoms with Crippen molar-refractivity contribution in [3.63, 3.8) is 0 Å². The average Bonchev–Trinajstić information content (AvgIpc) is 2.68. The first-order chi connectivity index (χ1) is 12.9. The van der Waals surface area contributed by atoms with Gasteiger partial charge in [0.1, 0.15) is 5.56 Å². The van der Waals surface area contributed by atoms with Gasteiger partial charge < -0.3 is 9.72 Å². The molecule has 3 aromatic rings. The minimum atomic E-state index is -0.741. The number of carbonyl (C=O) groups is 1. The van der Waals surface area contributed by atoms with Crippen LogP contribution in [0.15, 0.2) is 58.1 Å². The van der Waals surface area contributed by atoms with Crippen LogP contribution in [0.5, 0.6) is 0 Å². The van der Waals surface area contributed by atoms with E-state index in [2.05, 4.69) is 10.1 Å². The fourth-order valence-corrected chi connectivity index (χ4v) is 2.77. The number of hydrogen-bond donors (Lipinski definition) is 1. The van der Waals surface area contributed by atoms with Gasteiger partial charge in [-0.3, -0.25) is 9.59 Å². The van der Waals surface area contributed by atoms with Crippen molar-refractivity contribution < 1.29 is 9.53 Å². The Hall–Kier alpha value is -3.48. The summed E-state index contributed by atoms with van der Waals surface area (Å²) in [5.74, 6) is -0.741. The molecule has 0 amide bonds. The molecule has 0 aliphatic heterocycles. The second kappa shape index (κ2) is 7.41. The molecule has 7 nitrogen and oxygen atoms in total. The molecule has 7 heteroatoms. The Morgan fingerprint density at radius 2 is 1.81 bits per heavy atom. The number of carbonyl (C=O) groups excluding carboxylic acids is 1. The molecule has 0 spiro atoms. The van der Waals surface area contributed by atoms with Crippen LogP contribution in [0.2, 0.25) is 0 Å². The van der Waals surface area contributed by atoms with Crippen molar-refractivity contribution in [3.05, 3.63) is 74.8 Å². The highest BCUT2D eigenvalue weighted by atomic mass is 16.5. The summed E-state index contributed by atoms with van der Waals surface area (Å²) in [7, 11) is 1.21. The van der Waals surface area contributed by atoms with Crippen LogP contribution in [-0.4, -0.2) is 27.8 Å². The van der Waals surface area contributed by atoms with Crippen LogP contribution in [0.25, 0.3) is 22.5 Å². The summed E-state index contributed by atoms with van der Waals surface area (Å²) >= 11 is 0. The van der Waals surface area contributed by atoms with Crippen molar-refractivity contribution in [1.29, 1.82) is 0 Å². The number of nitrogens with one attached hydrogen (secondary N) is 1. The van der Waals surface area contributed by atoms with Crippen molar-refractivity contribution in [1.82, 2.24) is 14.8 Å². The van der Waals surface area contributed by atoms with Gasteiger partial charge in [-0.1, -0.05) is 30.3 Å². The molecule has 0 saturated heterocycles. The van der Waals surface area contributed by atoms with Crippen LogP contribution in [0.1, 0.15) is 30.2 Å². The molecule has 0 radical (unpaired) electrons. The molecule has 1 N–H and O–H groups in total. The molecule has 1 aromatic carbocycles. The van der Waals surface area contributed by atoms with E-state index < -0.39 is 11.5 Å². The van der Waals surface area contributed by atoms with Gasteiger partial charge in [-0.25, -0.2) is 9.48 Å². The van der Waals surface area contributed by atoms with E-state index in [-0.39, 0.29) is 17.2 Å². The molecule has 0 aliphatic rings. The van der Waals surface area contributed by atoms with Gasteiger partial charge >= 0.3 is 5.97 Å². The number of hydrogen-bond acceptors (Lipinski definition) is 5. The lowest BCUT2D eigenvalue weighted by Crippen LogP contribution is -2.24. The quantitative estimate of drug-likeness (QED) is 0.717. The minimum Gasteiger partial charge on any atom is -0.465 e. The van der Waals surface area contributed by atoms with Gasteiger partial charge in [0, 0.05) is 11.6 Å². The van der Waals surface area contributed by atoms with E-state index in [1.807, 2.05) is 44.2 Å². The molecular formula is C20H19N3O4. The number of pyridine rings is 1. The summed E-state index contributed by atoms with van der Waals surface area (Å²) in [6, 6.07) is 13.5. The number of aromatic amines is 1. The molecule has 27 heavy (non-hydrogen) atoms. The third-order valence-electron chi connectivity index (χ3n) is 4.10. The fourth-order valence-electron chi connectivity index (χ4n) is 2.77. The van der Waals surface area contributed by atoms with Gasteiger partial charge in [-0.05, 0) is 31.5 Å². The lowest BCUT2D eigenvalue weighted by molar-refractivity contribution is 0.0599. The zero-order chi connectivity index (χ0) is 19.6. The minimum absolute atomic E-state index is 0.128. The number of benzene rings is 1. The van der Waals surface area contributed by atoms with Crippen molar-refractivity contribution in [2.75, 3.05) is 7.11 Å². The van der Waals surface area contributed by atoms with Crippen molar-refractivity contribution in [2.45, 2.75) is 19.9 Å². The maximum absolute atomic E-state index is 12.4. The third kappa shape index (κ3) is 3.57. The number of ether oxygens (including phenoxy) is 1. The largest absolute Gasteiger partial charge is 0.465 e. The number of esters is 1. The number of nitrogens with zero attached hydrogens (tertiary/aromatic N) is 2. The van der Waals surface area contributed by atoms with E-state index >= 15 is 0 Å². The van der Waals surface area contributed by atoms with Crippen LogP contribution in [0.4, 0.5) is 0 Å². The molecule has 0 bridgehead atoms. The van der Waals surface area contributed by atoms with Crippen LogP contribution in [0.3, 0.4) is 0 Å². The molecule has 0 unspecified atom stereocenters. The van der Waals surface area contributed by atoms with Crippen LogP contribution < -0.4 is 11.1 Å². The van der Waals surface area contributed by atoms with E-state index in [1.54, 1.807) is 6.07 Å². The van der Waals surface area contributed by atoms with Gasteiger partial charge in [0.2, 0.25) is 0 Å². The summed E-state index contributed by atoms with van der Waals surface area (Å²) in [5, 5.41) is 4.41. The number of H-pyrrole nitrogens is 1. The van der Waals surface area contributed by atoms with Gasteiger partial charge in [-0.15, -0.1) is 0 Å². The van der Waals surface area contributed by atoms with Gasteiger partial charge in [0.05, 0.1) is 24.5 Å². The molecular weight excluding hydrogens is 346 g/mol. The van der Waals surface area contributed by atoms with Gasteiger partial charge in [0.15, 0.2) is 0 Å². The molecule has 0 atom stereocenters. The SMILES string of the molecule is COC(=O)c1cc(-c2ccc(=O)n(C(C)C)n2)c(-c2ccccc2)[nH]c1=O. The maximum atomic E-state index is 12.4. The normalized spacial score (nSPS) is 10.8. The monoisotopic (exact) mass is 365 g/mol. The molecule has 2 aromatic heterocycles. The summed E-state index contributed by atoms with van der Waals surface area (Å²) in [5.41, 5.74) is 1.34. The fraction of sp³-hybridized carbons (Fsp3) is 0.200. The van der Waals surface area contributed by atoms with E-state index in [4.69, 9.17) is 4.74 Å². The highest BCUT2D eigenvalue weighted by molar-refractivity contribution is 5.92. The van der Waals surface area contributed by atoms with Crippen molar-refractivity contribution in [2.24, 2.45) is 0 Å². The Morgan fingerprint density at radius 3 is 2.44 bits per heavy atom. The zero-order valence-electron chi connectivity index (χ0n) is 15.2. The molecule has 3 rings (SSSR count). The Balaban J connectivity index is 2.32. The smallest absolute Gasteiger partial charge is 0.343 e. The highest BCUT2D eigenvalue weighted by Gasteiger charge is 2.19. The summed E-state index contributed by atoms with van der Waals surface area (Å²) in [4.78, 5) is 39.2. The topological polar surface area (TPSA) is 94.1 Å². The number of methoxy groups -OCH3 is 1. The van der Waals surface area contributed by atoms with Crippen molar-refractivity contribution in [3.8, 4) is 22.5 Å². The first-order valence-corrected chi connectivity index (χ1v) is 8.43. The number of rotatable bonds is 4. The Kier molecular flexibility index (Phi) is 5.03.